The number of rotatable bonds is 6. The van der Waals surface area contributed by atoms with Crippen LogP contribution in [0.4, 0.5) is 0 Å². The normalized spacial score (nSPS) is 11.6. The fourth-order valence-corrected chi connectivity index (χ4v) is 8.03. The first-order valence-electron chi connectivity index (χ1n) is 18.8. The summed E-state index contributed by atoms with van der Waals surface area (Å²) >= 11 is 0. The van der Waals surface area contributed by atoms with E-state index in [0.29, 0.717) is 5.82 Å². The molecule has 56 heavy (non-hydrogen) atoms. The van der Waals surface area contributed by atoms with Gasteiger partial charge in [0.15, 0.2) is 5.82 Å². The molecule has 0 aliphatic carbocycles. The highest BCUT2D eigenvalue weighted by Crippen LogP contribution is 2.41. The average Bonchev–Trinajstić information content (AvgIpc) is 3.85. The third-order valence-electron chi connectivity index (χ3n) is 10.7. The summed E-state index contributed by atoms with van der Waals surface area (Å²) in [5.74, 6) is 0.636. The molecule has 262 valence electrons. The molecule has 0 unspecified atom stereocenters. The Kier molecular flexibility index (Phi) is 7.46. The molecule has 0 bridgehead atoms. The van der Waals surface area contributed by atoms with Gasteiger partial charge in [-0.3, -0.25) is 0 Å². The third kappa shape index (κ3) is 5.47. The van der Waals surface area contributed by atoms with Crippen molar-refractivity contribution in [2.75, 3.05) is 0 Å². The van der Waals surface area contributed by atoms with Gasteiger partial charge in [0, 0.05) is 38.2 Å². The molecule has 3 aromatic heterocycles. The Morgan fingerprint density at radius 2 is 0.768 bits per heavy atom. The van der Waals surface area contributed by atoms with E-state index >= 15 is 0 Å². The number of nitrogens with zero attached hydrogens (tertiary/aromatic N) is 2. The lowest BCUT2D eigenvalue weighted by Crippen LogP contribution is -1.96. The van der Waals surface area contributed by atoms with E-state index in [1.54, 1.807) is 0 Å². The molecule has 0 atom stereocenters. The van der Waals surface area contributed by atoms with Crippen molar-refractivity contribution in [3.05, 3.63) is 194 Å². The van der Waals surface area contributed by atoms with Crippen molar-refractivity contribution in [3.63, 3.8) is 0 Å². The van der Waals surface area contributed by atoms with E-state index in [1.165, 1.54) is 22.3 Å². The highest BCUT2D eigenvalue weighted by molar-refractivity contribution is 6.14. The zero-order chi connectivity index (χ0) is 37.0. The van der Waals surface area contributed by atoms with Gasteiger partial charge in [-0.25, -0.2) is 9.97 Å². The Morgan fingerprint density at radius 3 is 1.46 bits per heavy atom. The smallest absolute Gasteiger partial charge is 0.161 e. The van der Waals surface area contributed by atoms with Crippen LogP contribution in [-0.4, -0.2) is 9.97 Å². The van der Waals surface area contributed by atoms with Gasteiger partial charge >= 0.3 is 0 Å². The highest BCUT2D eigenvalue weighted by Gasteiger charge is 2.20. The zero-order valence-corrected chi connectivity index (χ0v) is 30.2. The monoisotopic (exact) mass is 716 g/mol. The maximum atomic E-state index is 6.52. The van der Waals surface area contributed by atoms with E-state index in [1.807, 2.05) is 60.7 Å². The van der Waals surface area contributed by atoms with Gasteiger partial charge in [0.25, 0.3) is 0 Å². The molecule has 0 fully saturated rings. The minimum atomic E-state index is 0.636. The Balaban J connectivity index is 1.07. The molecule has 4 nitrogen and oxygen atoms in total. The molecule has 0 aliphatic heterocycles. The highest BCUT2D eigenvalue weighted by atomic mass is 16.3. The third-order valence-corrected chi connectivity index (χ3v) is 10.7. The van der Waals surface area contributed by atoms with Crippen molar-refractivity contribution < 1.29 is 8.83 Å². The number of hydrogen-bond acceptors (Lipinski definition) is 4. The van der Waals surface area contributed by atoms with E-state index < -0.39 is 0 Å². The summed E-state index contributed by atoms with van der Waals surface area (Å²) in [5.41, 5.74) is 14.9. The quantitative estimate of drug-likeness (QED) is 0.172. The fraction of sp³-hybridized carbons (Fsp3) is 0. The molecule has 4 heteroatoms. The number of furan rings is 2. The largest absolute Gasteiger partial charge is 0.456 e. The van der Waals surface area contributed by atoms with Crippen LogP contribution in [0.1, 0.15) is 0 Å². The molecule has 8 aromatic carbocycles. The first kappa shape index (κ1) is 31.9. The van der Waals surface area contributed by atoms with Crippen LogP contribution >= 0.6 is 0 Å². The number of para-hydroxylation sites is 1. The second-order valence-electron chi connectivity index (χ2n) is 14.1. The average molecular weight is 717 g/mol. The molecule has 0 N–H and O–H groups in total. The minimum absolute atomic E-state index is 0.636. The van der Waals surface area contributed by atoms with Crippen LogP contribution in [0, 0.1) is 0 Å². The zero-order valence-electron chi connectivity index (χ0n) is 30.2. The molecule has 0 amide bonds. The van der Waals surface area contributed by atoms with Crippen molar-refractivity contribution >= 4 is 43.9 Å². The molecule has 0 radical (unpaired) electrons. The molecule has 11 aromatic rings. The van der Waals surface area contributed by atoms with E-state index in [0.717, 1.165) is 83.1 Å². The van der Waals surface area contributed by atoms with E-state index in [-0.39, 0.29) is 0 Å². The molecule has 0 saturated heterocycles. The Hall–Kier alpha value is -7.56. The van der Waals surface area contributed by atoms with Gasteiger partial charge in [-0.15, -0.1) is 0 Å². The standard InChI is InChI=1S/C52H32N2O2/c1-3-13-33(14-4-1)35-17-9-18-36(29-35)37-19-10-20-38(30-37)39-27-28-47-43(31-39)50-40(22-11-25-48(50)56-47)45-32-44(34-15-5-2-6-16-34)53-52(54-45)42-23-12-26-49-51(42)41-21-7-8-24-46(41)55-49/h1-32H. The summed E-state index contributed by atoms with van der Waals surface area (Å²) in [6.45, 7) is 0. The number of aromatic nitrogens is 2. The predicted molar refractivity (Wildman–Crippen MR) is 229 cm³/mol. The van der Waals surface area contributed by atoms with E-state index in [2.05, 4.69) is 133 Å². The van der Waals surface area contributed by atoms with E-state index in [4.69, 9.17) is 18.8 Å². The maximum absolute atomic E-state index is 6.52. The predicted octanol–water partition coefficient (Wildman–Crippen LogP) is 14.3. The van der Waals surface area contributed by atoms with Crippen molar-refractivity contribution in [1.29, 1.82) is 0 Å². The second kappa shape index (κ2) is 13.1. The summed E-state index contributed by atoms with van der Waals surface area (Å²) in [6, 6.07) is 67.4. The Labute approximate surface area is 323 Å². The topological polar surface area (TPSA) is 52.1 Å². The molecular weight excluding hydrogens is 685 g/mol. The SMILES string of the molecule is c1ccc(-c2cccc(-c3cccc(-c4ccc5oc6cccc(-c7cc(-c8ccccc8)nc(-c8cccc9oc%10ccccc%10c89)n7)c6c5c4)c3)c2)cc1. The Morgan fingerprint density at radius 1 is 0.286 bits per heavy atom. The van der Waals surface area contributed by atoms with Crippen molar-refractivity contribution in [1.82, 2.24) is 9.97 Å². The van der Waals surface area contributed by atoms with Crippen molar-refractivity contribution in [2.24, 2.45) is 0 Å². The number of benzene rings is 8. The Bertz CT molecular complexity index is 3250. The van der Waals surface area contributed by atoms with Gasteiger partial charge in [0.1, 0.15) is 22.3 Å². The molecule has 0 saturated carbocycles. The molecule has 3 heterocycles. The van der Waals surface area contributed by atoms with Crippen LogP contribution in [0.5, 0.6) is 0 Å². The van der Waals surface area contributed by atoms with Crippen LogP contribution in [0.25, 0.3) is 111 Å². The van der Waals surface area contributed by atoms with Crippen LogP contribution in [-0.2, 0) is 0 Å². The van der Waals surface area contributed by atoms with E-state index in [9.17, 15) is 0 Å². The fourth-order valence-electron chi connectivity index (χ4n) is 8.03. The maximum Gasteiger partial charge on any atom is 0.161 e. The lowest BCUT2D eigenvalue weighted by molar-refractivity contribution is 0.668. The molecular formula is C52H32N2O2. The van der Waals surface area contributed by atoms with Crippen molar-refractivity contribution in [2.45, 2.75) is 0 Å². The van der Waals surface area contributed by atoms with Crippen LogP contribution < -0.4 is 0 Å². The van der Waals surface area contributed by atoms with Crippen LogP contribution in [0.3, 0.4) is 0 Å². The van der Waals surface area contributed by atoms with Crippen LogP contribution in [0.2, 0.25) is 0 Å². The minimum Gasteiger partial charge on any atom is -0.456 e. The lowest BCUT2D eigenvalue weighted by atomic mass is 9.95. The summed E-state index contributed by atoms with van der Waals surface area (Å²) < 4.78 is 12.8. The van der Waals surface area contributed by atoms with Gasteiger partial charge < -0.3 is 8.83 Å². The van der Waals surface area contributed by atoms with Gasteiger partial charge in [0.05, 0.1) is 11.4 Å². The summed E-state index contributed by atoms with van der Waals surface area (Å²) in [5, 5.41) is 4.10. The molecule has 0 aliphatic rings. The molecule has 11 rings (SSSR count). The number of hydrogen-bond donors (Lipinski definition) is 0. The summed E-state index contributed by atoms with van der Waals surface area (Å²) in [7, 11) is 0. The first-order valence-corrected chi connectivity index (χ1v) is 18.8. The van der Waals surface area contributed by atoms with Crippen LogP contribution in [0.15, 0.2) is 203 Å². The molecule has 0 spiro atoms. The first-order chi connectivity index (χ1) is 27.7. The lowest BCUT2D eigenvalue weighted by Gasteiger charge is -2.11. The summed E-state index contributed by atoms with van der Waals surface area (Å²) in [6.07, 6.45) is 0. The van der Waals surface area contributed by atoms with Gasteiger partial charge in [0.2, 0.25) is 0 Å². The van der Waals surface area contributed by atoms with Gasteiger partial charge in [-0.05, 0) is 81.9 Å². The number of fused-ring (bicyclic) bond motifs is 6. The second-order valence-corrected chi connectivity index (χ2v) is 14.1. The van der Waals surface area contributed by atoms with Gasteiger partial charge in [-0.2, -0.15) is 0 Å². The van der Waals surface area contributed by atoms with Gasteiger partial charge in [-0.1, -0.05) is 146 Å². The summed E-state index contributed by atoms with van der Waals surface area (Å²) in [4.78, 5) is 10.5. The van der Waals surface area contributed by atoms with Crippen molar-refractivity contribution in [3.8, 4) is 67.3 Å².